The van der Waals surface area contributed by atoms with Gasteiger partial charge in [-0.3, -0.25) is 9.59 Å². The summed E-state index contributed by atoms with van der Waals surface area (Å²) in [5.74, 6) is -1.29. The van der Waals surface area contributed by atoms with Gasteiger partial charge in [0.25, 0.3) is 0 Å². The number of carbonyl (C=O) groups is 3. The quantitative estimate of drug-likeness (QED) is 0.483. The van der Waals surface area contributed by atoms with Crippen molar-refractivity contribution in [2.24, 2.45) is 21.5 Å². The predicted molar refractivity (Wildman–Crippen MR) is 59.0 cm³/mol. The summed E-state index contributed by atoms with van der Waals surface area (Å²) < 4.78 is 0. The van der Waals surface area contributed by atoms with E-state index < -0.39 is 17.8 Å². The lowest BCUT2D eigenvalue weighted by Crippen LogP contribution is -2.05. The maximum absolute atomic E-state index is 10.8. The minimum absolute atomic E-state index is 0.646. The number of primary amides is 2. The molecule has 0 aliphatic rings. The molecule has 7 heteroatoms. The van der Waals surface area contributed by atoms with Crippen molar-refractivity contribution >= 4 is 30.3 Å². The van der Waals surface area contributed by atoms with Crippen molar-refractivity contribution in [1.82, 2.24) is 0 Å². The number of nitrogens with zero attached hydrogens (tertiary/aromatic N) is 2. The van der Waals surface area contributed by atoms with Gasteiger partial charge in [0.15, 0.2) is 0 Å². The highest BCUT2D eigenvalue weighted by Gasteiger charge is 1.87. The van der Waals surface area contributed by atoms with E-state index in [4.69, 9.17) is 11.5 Å². The van der Waals surface area contributed by atoms with Crippen molar-refractivity contribution < 1.29 is 14.4 Å². The molecule has 0 spiro atoms. The third kappa shape index (κ3) is 9.52. The minimum Gasteiger partial charge on any atom is -0.366 e. The van der Waals surface area contributed by atoms with Gasteiger partial charge in [0.05, 0.1) is 0 Å². The van der Waals surface area contributed by atoms with Gasteiger partial charge in [-0.1, -0.05) is 0 Å². The molecular weight excluding hydrogens is 212 g/mol. The smallest absolute Gasteiger partial charge is 0.366 e. The lowest BCUT2D eigenvalue weighted by atomic mass is 10.5. The van der Waals surface area contributed by atoms with Crippen LogP contribution in [0.25, 0.3) is 0 Å². The van der Waals surface area contributed by atoms with Gasteiger partial charge >= 0.3 is 6.03 Å². The Kier molecular flexibility index (Phi) is 6.55. The van der Waals surface area contributed by atoms with Crippen molar-refractivity contribution in [3.63, 3.8) is 0 Å². The fourth-order valence-electron chi connectivity index (χ4n) is 0.523. The monoisotopic (exact) mass is 222 g/mol. The lowest BCUT2D eigenvalue weighted by molar-refractivity contribution is -0.114. The maximum atomic E-state index is 10.8. The summed E-state index contributed by atoms with van der Waals surface area (Å²) in [6, 6.07) is -0.789. The molecule has 0 saturated carbocycles. The minimum atomic E-state index is -0.789. The first-order valence-electron chi connectivity index (χ1n) is 4.06. The zero-order valence-electron chi connectivity index (χ0n) is 8.24. The van der Waals surface area contributed by atoms with Gasteiger partial charge in [-0.2, -0.15) is 0 Å². The van der Waals surface area contributed by atoms with Gasteiger partial charge in [-0.05, 0) is 12.2 Å². The molecule has 0 aliphatic heterocycles. The number of rotatable bonds is 4. The molecule has 7 nitrogen and oxygen atoms in total. The van der Waals surface area contributed by atoms with E-state index in [1.54, 1.807) is 0 Å². The highest BCUT2D eigenvalue weighted by atomic mass is 16.2. The molecule has 0 atom stereocenters. The van der Waals surface area contributed by atoms with Crippen LogP contribution in [0.4, 0.5) is 4.79 Å². The van der Waals surface area contributed by atoms with Crippen molar-refractivity contribution in [1.29, 1.82) is 0 Å². The Morgan fingerprint density at radius 3 is 1.50 bits per heavy atom. The average Bonchev–Trinajstić information content (AvgIpc) is 2.19. The molecule has 0 rings (SSSR count). The second-order valence-electron chi connectivity index (χ2n) is 2.36. The van der Waals surface area contributed by atoms with Crippen molar-refractivity contribution in [2.75, 3.05) is 0 Å². The zero-order valence-corrected chi connectivity index (χ0v) is 8.24. The third-order valence-corrected chi connectivity index (χ3v) is 1.06. The number of carbonyl (C=O) groups excluding carboxylic acids is 3. The Morgan fingerprint density at radius 1 is 0.812 bits per heavy atom. The van der Waals surface area contributed by atoms with Crippen LogP contribution in [-0.4, -0.2) is 30.3 Å². The first-order valence-corrected chi connectivity index (χ1v) is 4.06. The van der Waals surface area contributed by atoms with E-state index >= 15 is 0 Å². The van der Waals surface area contributed by atoms with Gasteiger partial charge in [0, 0.05) is 24.6 Å². The largest absolute Gasteiger partial charge is 0.366 e. The van der Waals surface area contributed by atoms with E-state index in [0.29, 0.717) is 0 Å². The molecule has 0 aliphatic carbocycles. The van der Waals surface area contributed by atoms with Crippen LogP contribution in [0.5, 0.6) is 0 Å². The van der Waals surface area contributed by atoms with Gasteiger partial charge < -0.3 is 11.5 Å². The van der Waals surface area contributed by atoms with Crippen LogP contribution in [0.2, 0.25) is 0 Å². The summed E-state index contributed by atoms with van der Waals surface area (Å²) in [6.45, 7) is 0. The average molecular weight is 222 g/mol. The first kappa shape index (κ1) is 13.4. The van der Waals surface area contributed by atoms with Crippen LogP contribution in [-0.2, 0) is 9.59 Å². The van der Waals surface area contributed by atoms with Gasteiger partial charge in [-0.15, -0.1) is 0 Å². The number of aliphatic imine (C=N–C) groups is 2. The van der Waals surface area contributed by atoms with Crippen LogP contribution in [0.1, 0.15) is 0 Å². The number of nitrogens with two attached hydrogens (primary N) is 2. The molecule has 0 bridgehead atoms. The van der Waals surface area contributed by atoms with Gasteiger partial charge in [-0.25, -0.2) is 14.8 Å². The van der Waals surface area contributed by atoms with Crippen LogP contribution >= 0.6 is 0 Å². The third-order valence-electron chi connectivity index (χ3n) is 1.06. The fraction of sp³-hybridized carbons (Fsp3) is 0. The summed E-state index contributed by atoms with van der Waals surface area (Å²) in [7, 11) is 0. The van der Waals surface area contributed by atoms with Gasteiger partial charge in [0.1, 0.15) is 0 Å². The second-order valence-corrected chi connectivity index (χ2v) is 2.36. The molecule has 0 aromatic carbocycles. The Morgan fingerprint density at radius 2 is 1.19 bits per heavy atom. The molecule has 0 heterocycles. The predicted octanol–water partition coefficient (Wildman–Crippen LogP) is -0.669. The molecule has 0 radical (unpaired) electrons. The summed E-state index contributed by atoms with van der Waals surface area (Å²) in [6.07, 6.45) is 6.62. The molecule has 4 amide bonds. The SMILES string of the molecule is NC(=O)C=CC=NC(=O)N=CC=CC(N)=O. The summed E-state index contributed by atoms with van der Waals surface area (Å²) in [4.78, 5) is 37.9. The molecule has 0 saturated heterocycles. The zero-order chi connectivity index (χ0) is 12.4. The van der Waals surface area contributed by atoms with Crippen LogP contribution in [0.3, 0.4) is 0 Å². The van der Waals surface area contributed by atoms with Crippen molar-refractivity contribution in [2.45, 2.75) is 0 Å². The van der Waals surface area contributed by atoms with Crippen molar-refractivity contribution in [3.8, 4) is 0 Å². The lowest BCUT2D eigenvalue weighted by Gasteiger charge is -1.80. The topological polar surface area (TPSA) is 128 Å². The van der Waals surface area contributed by atoms with E-state index in [0.717, 1.165) is 24.6 Å². The molecular formula is C9H10N4O3. The fourth-order valence-corrected chi connectivity index (χ4v) is 0.523. The van der Waals surface area contributed by atoms with Gasteiger partial charge in [0.2, 0.25) is 11.8 Å². The molecule has 0 aromatic rings. The Labute approximate surface area is 91.2 Å². The van der Waals surface area contributed by atoms with E-state index in [9.17, 15) is 14.4 Å². The standard InChI is InChI=1S/C9H10N4O3/c10-7(14)3-1-5-12-9(16)13-6-2-4-8(11)15/h1-6H,(H2,10,14)(H2,11,15). The van der Waals surface area contributed by atoms with E-state index in [2.05, 4.69) is 9.98 Å². The van der Waals surface area contributed by atoms with E-state index in [1.165, 1.54) is 12.2 Å². The number of amides is 4. The second kappa shape index (κ2) is 7.80. The highest BCUT2D eigenvalue weighted by molar-refractivity contribution is 5.97. The van der Waals surface area contributed by atoms with Crippen LogP contribution in [0.15, 0.2) is 34.3 Å². The number of hydrogen-bond donors (Lipinski definition) is 2. The molecule has 16 heavy (non-hydrogen) atoms. The first-order chi connectivity index (χ1) is 7.52. The van der Waals surface area contributed by atoms with E-state index in [1.807, 2.05) is 0 Å². The number of urea groups is 1. The molecule has 0 unspecified atom stereocenters. The Hall–Kier alpha value is -2.57. The maximum Gasteiger partial charge on any atom is 0.366 e. The van der Waals surface area contributed by atoms with Crippen LogP contribution < -0.4 is 11.5 Å². The Balaban J connectivity index is 4.08. The summed E-state index contributed by atoms with van der Waals surface area (Å²) >= 11 is 0. The Bertz CT molecular complexity index is 358. The molecule has 4 N–H and O–H groups in total. The normalized spacial score (nSPS) is 12.0. The summed E-state index contributed by atoms with van der Waals surface area (Å²) in [5, 5.41) is 0. The van der Waals surface area contributed by atoms with E-state index in [-0.39, 0.29) is 0 Å². The van der Waals surface area contributed by atoms with Crippen molar-refractivity contribution in [3.05, 3.63) is 24.3 Å². The van der Waals surface area contributed by atoms with Crippen LogP contribution in [0, 0.1) is 0 Å². The molecule has 84 valence electrons. The summed E-state index contributed by atoms with van der Waals surface area (Å²) in [5.41, 5.74) is 9.56. The highest BCUT2D eigenvalue weighted by Crippen LogP contribution is 1.80. The number of hydrogen-bond acceptors (Lipinski definition) is 3. The number of allylic oxidation sites excluding steroid dienone is 2. The molecule has 0 aromatic heterocycles. The molecule has 0 fully saturated rings.